The maximum atomic E-state index is 11.7. The van der Waals surface area contributed by atoms with Crippen LogP contribution in [-0.2, 0) is 4.79 Å². The first kappa shape index (κ1) is 12.4. The number of carbonyl (C=O) groups is 1. The van der Waals surface area contributed by atoms with Crippen molar-refractivity contribution in [3.05, 3.63) is 11.4 Å². The van der Waals surface area contributed by atoms with Gasteiger partial charge in [0.15, 0.2) is 5.78 Å². The zero-order chi connectivity index (χ0) is 11.6. The Morgan fingerprint density at radius 1 is 1.33 bits per heavy atom. The quantitative estimate of drug-likeness (QED) is 0.719. The van der Waals surface area contributed by atoms with E-state index in [0.29, 0.717) is 0 Å². The fourth-order valence-electron chi connectivity index (χ4n) is 1.78. The Morgan fingerprint density at radius 2 is 1.93 bits per heavy atom. The summed E-state index contributed by atoms with van der Waals surface area (Å²) < 4.78 is 0. The molecule has 86 valence electrons. The summed E-state index contributed by atoms with van der Waals surface area (Å²) in [6.07, 6.45) is 2.26. The van der Waals surface area contributed by atoms with Crippen LogP contribution in [0.25, 0.3) is 0 Å². The van der Waals surface area contributed by atoms with Crippen molar-refractivity contribution in [2.45, 2.75) is 25.0 Å². The third-order valence-corrected chi connectivity index (χ3v) is 3.17. The summed E-state index contributed by atoms with van der Waals surface area (Å²) in [6.45, 7) is 3.09. The molecule has 0 aromatic heterocycles. The SMILES string of the molecule is CCCCN(C)C1=C(N(C)C)C(S)C1=O. The van der Waals surface area contributed by atoms with Crippen LogP contribution in [0.4, 0.5) is 0 Å². The predicted molar refractivity (Wildman–Crippen MR) is 66.0 cm³/mol. The first-order valence-corrected chi connectivity index (χ1v) is 5.87. The summed E-state index contributed by atoms with van der Waals surface area (Å²) in [4.78, 5) is 15.7. The second-order valence-corrected chi connectivity index (χ2v) is 4.69. The molecule has 1 rings (SSSR count). The summed E-state index contributed by atoms with van der Waals surface area (Å²) in [5, 5.41) is -0.223. The Labute approximate surface area is 97.5 Å². The maximum Gasteiger partial charge on any atom is 0.199 e. The van der Waals surface area contributed by atoms with Gasteiger partial charge >= 0.3 is 0 Å². The van der Waals surface area contributed by atoms with Gasteiger partial charge in [0.05, 0.1) is 5.70 Å². The molecule has 0 saturated carbocycles. The largest absolute Gasteiger partial charge is 0.378 e. The van der Waals surface area contributed by atoms with Crippen molar-refractivity contribution in [3.8, 4) is 0 Å². The number of hydrogen-bond donors (Lipinski definition) is 1. The Hall–Kier alpha value is -0.640. The molecule has 1 atom stereocenters. The lowest BCUT2D eigenvalue weighted by molar-refractivity contribution is -0.118. The maximum absolute atomic E-state index is 11.7. The first-order chi connectivity index (χ1) is 7.00. The number of thiol groups is 1. The summed E-state index contributed by atoms with van der Waals surface area (Å²) in [7, 11) is 5.89. The van der Waals surface area contributed by atoms with Crippen LogP contribution in [-0.4, -0.2) is 48.5 Å². The molecule has 0 saturated heterocycles. The molecule has 1 aliphatic carbocycles. The molecule has 0 aromatic carbocycles. The Bertz CT molecular complexity index is 286. The number of nitrogens with zero attached hydrogens (tertiary/aromatic N) is 2. The van der Waals surface area contributed by atoms with Gasteiger partial charge in [-0.25, -0.2) is 0 Å². The van der Waals surface area contributed by atoms with E-state index in [0.717, 1.165) is 30.8 Å². The van der Waals surface area contributed by atoms with Gasteiger partial charge in [0.1, 0.15) is 10.9 Å². The molecule has 0 radical (unpaired) electrons. The van der Waals surface area contributed by atoms with Crippen LogP contribution in [0.3, 0.4) is 0 Å². The van der Waals surface area contributed by atoms with Crippen LogP contribution in [0.2, 0.25) is 0 Å². The Balaban J connectivity index is 2.77. The number of carbonyl (C=O) groups excluding carboxylic acids is 1. The van der Waals surface area contributed by atoms with Gasteiger partial charge in [-0.05, 0) is 6.42 Å². The number of ketones is 1. The zero-order valence-corrected chi connectivity index (χ0v) is 10.8. The van der Waals surface area contributed by atoms with Gasteiger partial charge in [-0.3, -0.25) is 4.79 Å². The molecule has 0 aliphatic heterocycles. The first-order valence-electron chi connectivity index (χ1n) is 5.35. The van der Waals surface area contributed by atoms with Crippen LogP contribution >= 0.6 is 12.6 Å². The Kier molecular flexibility index (Phi) is 4.08. The number of Topliss-reactive ketones (excluding diaryl/α,β-unsaturated/α-hetero) is 1. The second kappa shape index (κ2) is 4.92. The lowest BCUT2D eigenvalue weighted by Gasteiger charge is -2.38. The highest BCUT2D eigenvalue weighted by atomic mass is 32.1. The minimum absolute atomic E-state index is 0.153. The predicted octanol–water partition coefficient (Wildman–Crippen LogP) is 1.37. The minimum Gasteiger partial charge on any atom is -0.378 e. The lowest BCUT2D eigenvalue weighted by atomic mass is 9.96. The van der Waals surface area contributed by atoms with Crippen LogP contribution in [0.1, 0.15) is 19.8 Å². The standard InChI is InChI=1S/C11H20N2OS/c1-5-6-7-13(4)8-9(12(2)3)11(15)10(8)14/h11,15H,5-7H2,1-4H3. The third kappa shape index (κ3) is 2.30. The van der Waals surface area contributed by atoms with Gasteiger partial charge in [0, 0.05) is 27.7 Å². The van der Waals surface area contributed by atoms with Gasteiger partial charge in [-0.2, -0.15) is 12.6 Å². The summed E-state index contributed by atoms with van der Waals surface area (Å²) in [6, 6.07) is 0. The number of unbranched alkanes of at least 4 members (excludes halogenated alkanes) is 1. The van der Waals surface area contributed by atoms with E-state index in [4.69, 9.17) is 0 Å². The number of likely N-dealkylation sites (N-methyl/N-ethyl adjacent to an activating group) is 1. The van der Waals surface area contributed by atoms with Crippen molar-refractivity contribution in [1.29, 1.82) is 0 Å². The molecule has 15 heavy (non-hydrogen) atoms. The van der Waals surface area contributed by atoms with E-state index in [1.807, 2.05) is 30.9 Å². The van der Waals surface area contributed by atoms with Crippen LogP contribution < -0.4 is 0 Å². The van der Waals surface area contributed by atoms with E-state index in [1.165, 1.54) is 0 Å². The fourth-order valence-corrected chi connectivity index (χ4v) is 2.25. The molecule has 0 amide bonds. The van der Waals surface area contributed by atoms with Crippen molar-refractivity contribution in [3.63, 3.8) is 0 Å². The molecule has 3 nitrogen and oxygen atoms in total. The molecule has 0 bridgehead atoms. The van der Waals surface area contributed by atoms with Crippen LogP contribution in [0.5, 0.6) is 0 Å². The van der Waals surface area contributed by atoms with Gasteiger partial charge in [0.2, 0.25) is 0 Å². The second-order valence-electron chi connectivity index (χ2n) is 4.17. The molecule has 4 heteroatoms. The number of rotatable bonds is 5. The number of allylic oxidation sites excluding steroid dienone is 1. The van der Waals surface area contributed by atoms with Crippen LogP contribution in [0.15, 0.2) is 11.4 Å². The molecular formula is C11H20N2OS. The third-order valence-electron chi connectivity index (χ3n) is 2.69. The van der Waals surface area contributed by atoms with Crippen molar-refractivity contribution in [1.82, 2.24) is 9.80 Å². The molecule has 1 unspecified atom stereocenters. The topological polar surface area (TPSA) is 23.6 Å². The van der Waals surface area contributed by atoms with E-state index in [2.05, 4.69) is 19.6 Å². The molecule has 0 fully saturated rings. The molecule has 1 aliphatic rings. The van der Waals surface area contributed by atoms with E-state index in [1.54, 1.807) is 0 Å². The highest BCUT2D eigenvalue weighted by molar-refractivity contribution is 7.82. The van der Waals surface area contributed by atoms with Gasteiger partial charge in [-0.15, -0.1) is 0 Å². The molecule has 0 heterocycles. The molecule has 0 N–H and O–H groups in total. The van der Waals surface area contributed by atoms with Crippen molar-refractivity contribution in [2.75, 3.05) is 27.7 Å². The van der Waals surface area contributed by atoms with E-state index in [-0.39, 0.29) is 11.0 Å². The molecular weight excluding hydrogens is 208 g/mol. The van der Waals surface area contributed by atoms with Crippen molar-refractivity contribution < 1.29 is 4.79 Å². The van der Waals surface area contributed by atoms with E-state index >= 15 is 0 Å². The van der Waals surface area contributed by atoms with Gasteiger partial charge in [0.25, 0.3) is 0 Å². The van der Waals surface area contributed by atoms with Crippen molar-refractivity contribution >= 4 is 18.4 Å². The summed E-state index contributed by atoms with van der Waals surface area (Å²) in [5.74, 6) is 0.153. The normalized spacial score (nSPS) is 20.3. The lowest BCUT2D eigenvalue weighted by Crippen LogP contribution is -2.45. The van der Waals surface area contributed by atoms with Gasteiger partial charge in [-0.1, -0.05) is 13.3 Å². The smallest absolute Gasteiger partial charge is 0.199 e. The molecule has 0 aromatic rings. The van der Waals surface area contributed by atoms with Crippen LogP contribution in [0, 0.1) is 0 Å². The highest BCUT2D eigenvalue weighted by Crippen LogP contribution is 2.32. The summed E-state index contributed by atoms with van der Waals surface area (Å²) >= 11 is 4.28. The van der Waals surface area contributed by atoms with Crippen molar-refractivity contribution in [2.24, 2.45) is 0 Å². The average Bonchev–Trinajstić information content (AvgIpc) is 2.20. The van der Waals surface area contributed by atoms with E-state index < -0.39 is 0 Å². The highest BCUT2D eigenvalue weighted by Gasteiger charge is 2.39. The summed E-state index contributed by atoms with van der Waals surface area (Å²) in [5.41, 5.74) is 1.88. The average molecular weight is 228 g/mol. The minimum atomic E-state index is -0.223. The monoisotopic (exact) mass is 228 g/mol. The molecule has 0 spiro atoms. The van der Waals surface area contributed by atoms with E-state index in [9.17, 15) is 4.79 Å². The zero-order valence-electron chi connectivity index (χ0n) is 9.95. The fraction of sp³-hybridized carbons (Fsp3) is 0.727. The Morgan fingerprint density at radius 3 is 2.40 bits per heavy atom. The van der Waals surface area contributed by atoms with Gasteiger partial charge < -0.3 is 9.80 Å². The number of hydrogen-bond acceptors (Lipinski definition) is 4.